The van der Waals surface area contributed by atoms with Gasteiger partial charge in [-0.2, -0.15) is 5.10 Å². The molecule has 2 heterocycles. The van der Waals surface area contributed by atoms with Crippen molar-refractivity contribution in [2.45, 2.75) is 45.3 Å². The van der Waals surface area contributed by atoms with Crippen LogP contribution in [0, 0.1) is 0 Å². The summed E-state index contributed by atoms with van der Waals surface area (Å²) in [4.78, 5) is 14.5. The van der Waals surface area contributed by atoms with Crippen LogP contribution in [-0.2, 0) is 17.9 Å². The number of ether oxygens (including phenoxy) is 1. The minimum absolute atomic E-state index is 0.0619. The van der Waals surface area contributed by atoms with Crippen LogP contribution in [-0.4, -0.2) is 49.3 Å². The standard InChI is InChI=1S/C15H27N3O3Si/c1-22(2,3)10-9-21-12-18-15(20)13-5-4-6-17(7-8-19)14(13)11-16-18/h11,19H,4-10,12H2,1-3H3. The molecule has 7 heteroatoms. The van der Waals surface area contributed by atoms with Gasteiger partial charge in [0.05, 0.1) is 18.5 Å². The summed E-state index contributed by atoms with van der Waals surface area (Å²) < 4.78 is 7.03. The van der Waals surface area contributed by atoms with Crippen LogP contribution >= 0.6 is 0 Å². The van der Waals surface area contributed by atoms with Crippen LogP contribution in [0.1, 0.15) is 12.0 Å². The van der Waals surface area contributed by atoms with E-state index in [0.29, 0.717) is 13.2 Å². The molecule has 0 amide bonds. The average Bonchev–Trinajstić information content (AvgIpc) is 2.45. The van der Waals surface area contributed by atoms with Gasteiger partial charge in [-0.05, 0) is 18.9 Å². The van der Waals surface area contributed by atoms with Crippen molar-refractivity contribution in [2.24, 2.45) is 0 Å². The number of aromatic nitrogens is 2. The third-order valence-electron chi connectivity index (χ3n) is 3.90. The van der Waals surface area contributed by atoms with Gasteiger partial charge in [0.2, 0.25) is 0 Å². The number of fused-ring (bicyclic) bond motifs is 1. The Labute approximate surface area is 132 Å². The molecule has 6 nitrogen and oxygen atoms in total. The molecular formula is C15H27N3O3Si. The second kappa shape index (κ2) is 7.39. The SMILES string of the molecule is C[Si](C)(C)CCOCn1ncc2c(c1=O)CCCN2CCO. The van der Waals surface area contributed by atoms with Crippen LogP contribution in [0.3, 0.4) is 0 Å². The highest BCUT2D eigenvalue weighted by atomic mass is 28.3. The summed E-state index contributed by atoms with van der Waals surface area (Å²) in [6.07, 6.45) is 3.43. The van der Waals surface area contributed by atoms with Crippen molar-refractivity contribution in [1.82, 2.24) is 9.78 Å². The molecule has 0 saturated carbocycles. The van der Waals surface area contributed by atoms with Crippen molar-refractivity contribution >= 4 is 13.8 Å². The van der Waals surface area contributed by atoms with Crippen molar-refractivity contribution in [1.29, 1.82) is 0 Å². The third kappa shape index (κ3) is 4.41. The number of hydrogen-bond donors (Lipinski definition) is 1. The van der Waals surface area contributed by atoms with Gasteiger partial charge in [0, 0.05) is 33.3 Å². The Morgan fingerprint density at radius 1 is 1.41 bits per heavy atom. The van der Waals surface area contributed by atoms with E-state index in [-0.39, 0.29) is 18.9 Å². The molecule has 1 aliphatic heterocycles. The number of aliphatic hydroxyl groups is 1. The second-order valence-corrected chi connectivity index (χ2v) is 12.6. The van der Waals surface area contributed by atoms with Crippen LogP contribution < -0.4 is 10.5 Å². The predicted octanol–water partition coefficient (Wildman–Crippen LogP) is 1.30. The fraction of sp³-hybridized carbons (Fsp3) is 0.733. The molecular weight excluding hydrogens is 298 g/mol. The zero-order valence-electron chi connectivity index (χ0n) is 13.8. The van der Waals surface area contributed by atoms with Crippen molar-refractivity contribution in [2.75, 3.05) is 31.2 Å². The lowest BCUT2D eigenvalue weighted by atomic mass is 10.1. The molecule has 1 aromatic heterocycles. The summed E-state index contributed by atoms with van der Waals surface area (Å²) in [6.45, 7) is 9.30. The normalized spacial score (nSPS) is 15.0. The second-order valence-electron chi connectivity index (χ2n) is 6.98. The molecule has 0 aromatic carbocycles. The quantitative estimate of drug-likeness (QED) is 0.604. The van der Waals surface area contributed by atoms with Gasteiger partial charge >= 0.3 is 0 Å². The summed E-state index contributed by atoms with van der Waals surface area (Å²) >= 11 is 0. The largest absolute Gasteiger partial charge is 0.395 e. The Hall–Kier alpha value is -1.18. The maximum atomic E-state index is 12.5. The minimum Gasteiger partial charge on any atom is -0.395 e. The molecule has 0 radical (unpaired) electrons. The van der Waals surface area contributed by atoms with Crippen molar-refractivity contribution in [3.63, 3.8) is 0 Å². The molecule has 0 unspecified atom stereocenters. The van der Waals surface area contributed by atoms with E-state index < -0.39 is 8.07 Å². The molecule has 124 valence electrons. The van der Waals surface area contributed by atoms with Gasteiger partial charge in [0.15, 0.2) is 0 Å². The Bertz CT molecular complexity index is 554. The van der Waals surface area contributed by atoms with Gasteiger partial charge in [-0.1, -0.05) is 19.6 Å². The fourth-order valence-corrected chi connectivity index (χ4v) is 3.33. The van der Waals surface area contributed by atoms with Crippen LogP contribution in [0.4, 0.5) is 5.69 Å². The maximum absolute atomic E-state index is 12.5. The van der Waals surface area contributed by atoms with Crippen molar-refractivity contribution in [3.05, 3.63) is 22.1 Å². The van der Waals surface area contributed by atoms with Gasteiger partial charge in [-0.3, -0.25) is 4.79 Å². The zero-order chi connectivity index (χ0) is 16.2. The number of aliphatic hydroxyl groups excluding tert-OH is 1. The molecule has 0 atom stereocenters. The Kier molecular flexibility index (Phi) is 5.77. The lowest BCUT2D eigenvalue weighted by molar-refractivity contribution is 0.0747. The lowest BCUT2D eigenvalue weighted by Crippen LogP contribution is -2.38. The van der Waals surface area contributed by atoms with Crippen molar-refractivity contribution < 1.29 is 9.84 Å². The molecule has 1 aromatic rings. The Balaban J connectivity index is 2.04. The lowest BCUT2D eigenvalue weighted by Gasteiger charge is -2.30. The summed E-state index contributed by atoms with van der Waals surface area (Å²) in [5.74, 6) is 0. The molecule has 0 bridgehead atoms. The first kappa shape index (κ1) is 17.2. The number of hydrogen-bond acceptors (Lipinski definition) is 5. The molecule has 1 aliphatic rings. The molecule has 2 rings (SSSR count). The summed E-state index contributed by atoms with van der Waals surface area (Å²) in [5, 5.41) is 13.3. The van der Waals surface area contributed by atoms with Crippen LogP contribution in [0.2, 0.25) is 25.7 Å². The van der Waals surface area contributed by atoms with Crippen molar-refractivity contribution in [3.8, 4) is 0 Å². The summed E-state index contributed by atoms with van der Waals surface area (Å²) in [5.41, 5.74) is 1.60. The van der Waals surface area contributed by atoms with Gasteiger partial charge in [-0.25, -0.2) is 4.68 Å². The van der Waals surface area contributed by atoms with E-state index in [1.54, 1.807) is 6.20 Å². The van der Waals surface area contributed by atoms with E-state index in [4.69, 9.17) is 9.84 Å². The highest BCUT2D eigenvalue weighted by molar-refractivity contribution is 6.76. The van der Waals surface area contributed by atoms with E-state index >= 15 is 0 Å². The zero-order valence-corrected chi connectivity index (χ0v) is 14.8. The van der Waals surface area contributed by atoms with Gasteiger partial charge in [0.1, 0.15) is 6.73 Å². The van der Waals surface area contributed by atoms with Gasteiger partial charge in [0.25, 0.3) is 5.56 Å². The van der Waals surface area contributed by atoms with Gasteiger partial charge < -0.3 is 14.7 Å². The monoisotopic (exact) mass is 325 g/mol. The molecule has 1 N–H and O–H groups in total. The van der Waals surface area contributed by atoms with E-state index in [0.717, 1.165) is 36.7 Å². The number of rotatable bonds is 7. The molecule has 0 aliphatic carbocycles. The average molecular weight is 325 g/mol. The number of β-amino-alcohol motifs (C(OH)–C–C–N with tert-alkyl or cyclic N) is 1. The van der Waals surface area contributed by atoms with Crippen LogP contribution in [0.15, 0.2) is 11.0 Å². The van der Waals surface area contributed by atoms with E-state index in [1.165, 1.54) is 4.68 Å². The fourth-order valence-electron chi connectivity index (χ4n) is 2.57. The first-order valence-corrected chi connectivity index (χ1v) is 11.7. The van der Waals surface area contributed by atoms with Crippen LogP contribution in [0.5, 0.6) is 0 Å². The first-order chi connectivity index (χ1) is 10.4. The number of nitrogens with zero attached hydrogens (tertiary/aromatic N) is 3. The van der Waals surface area contributed by atoms with E-state index in [9.17, 15) is 4.79 Å². The predicted molar refractivity (Wildman–Crippen MR) is 90.2 cm³/mol. The highest BCUT2D eigenvalue weighted by Crippen LogP contribution is 2.22. The first-order valence-electron chi connectivity index (χ1n) is 7.95. The van der Waals surface area contributed by atoms with Gasteiger partial charge in [-0.15, -0.1) is 0 Å². The van der Waals surface area contributed by atoms with E-state index in [2.05, 4.69) is 24.7 Å². The molecule has 0 spiro atoms. The topological polar surface area (TPSA) is 67.6 Å². The Morgan fingerprint density at radius 3 is 2.86 bits per heavy atom. The molecule has 0 saturated heterocycles. The summed E-state index contributed by atoms with van der Waals surface area (Å²) in [6, 6.07) is 1.08. The highest BCUT2D eigenvalue weighted by Gasteiger charge is 2.21. The van der Waals surface area contributed by atoms with Crippen LogP contribution in [0.25, 0.3) is 0 Å². The smallest absolute Gasteiger partial charge is 0.274 e. The molecule has 0 fully saturated rings. The minimum atomic E-state index is -1.11. The molecule has 22 heavy (non-hydrogen) atoms. The Morgan fingerprint density at radius 2 is 2.18 bits per heavy atom. The number of anilines is 1. The van der Waals surface area contributed by atoms with E-state index in [1.807, 2.05) is 4.90 Å². The summed E-state index contributed by atoms with van der Waals surface area (Å²) in [7, 11) is -1.11. The third-order valence-corrected chi connectivity index (χ3v) is 5.60. The maximum Gasteiger partial charge on any atom is 0.274 e.